The normalized spacial score (nSPS) is 10.3. The van der Waals surface area contributed by atoms with Crippen molar-refractivity contribution < 1.29 is 18.8 Å². The Morgan fingerprint density at radius 3 is 2.80 bits per heavy atom. The lowest BCUT2D eigenvalue weighted by atomic mass is 10.3. The van der Waals surface area contributed by atoms with Gasteiger partial charge in [0.15, 0.2) is 11.4 Å². The largest absolute Gasteiger partial charge is 0.423 e. The molecule has 6 nitrogen and oxygen atoms in total. The number of rotatable bonds is 4. The lowest BCUT2D eigenvalue weighted by Crippen LogP contribution is -1.95. The van der Waals surface area contributed by atoms with Crippen molar-refractivity contribution in [1.29, 1.82) is 0 Å². The first kappa shape index (κ1) is 14.8. The maximum atomic E-state index is 13.4. The molecule has 1 aromatic heterocycles. The molecule has 0 aliphatic carbocycles. The van der Waals surface area contributed by atoms with Gasteiger partial charge in [-0.2, -0.15) is 4.98 Å². The van der Waals surface area contributed by atoms with Crippen LogP contribution in [0.15, 0.2) is 16.6 Å². The van der Waals surface area contributed by atoms with Crippen LogP contribution < -0.4 is 4.74 Å². The molecule has 0 N–H and O–H groups in total. The quantitative estimate of drug-likeness (QED) is 0.450. The highest BCUT2D eigenvalue weighted by Crippen LogP contribution is 2.37. The fourth-order valence-corrected chi connectivity index (χ4v) is 2.50. The van der Waals surface area contributed by atoms with E-state index >= 15 is 0 Å². The molecule has 0 aliphatic rings. The van der Waals surface area contributed by atoms with Crippen LogP contribution in [0.4, 0.5) is 10.1 Å². The summed E-state index contributed by atoms with van der Waals surface area (Å²) in [4.78, 5) is 24.6. The van der Waals surface area contributed by atoms with E-state index in [2.05, 4.69) is 20.9 Å². The zero-order valence-electron chi connectivity index (χ0n) is 9.30. The van der Waals surface area contributed by atoms with E-state index in [0.717, 1.165) is 23.5 Å². The lowest BCUT2D eigenvalue weighted by molar-refractivity contribution is -0.385. The number of nitro groups is 1. The first-order valence-electron chi connectivity index (χ1n) is 4.85. The summed E-state index contributed by atoms with van der Waals surface area (Å²) >= 11 is 9.28. The molecule has 0 spiro atoms. The third-order valence-corrected chi connectivity index (χ3v) is 3.96. The van der Waals surface area contributed by atoms with Crippen molar-refractivity contribution in [3.8, 4) is 10.9 Å². The third-order valence-electron chi connectivity index (χ3n) is 2.09. The second-order valence-corrected chi connectivity index (χ2v) is 5.55. The zero-order valence-corrected chi connectivity index (χ0v) is 12.5. The van der Waals surface area contributed by atoms with Crippen molar-refractivity contribution in [2.24, 2.45) is 0 Å². The van der Waals surface area contributed by atoms with Crippen molar-refractivity contribution in [2.45, 2.75) is 0 Å². The van der Waals surface area contributed by atoms with E-state index in [4.69, 9.17) is 16.3 Å². The number of carbonyl (C=O) groups is 1. The van der Waals surface area contributed by atoms with Crippen LogP contribution in [0.25, 0.3) is 0 Å². The van der Waals surface area contributed by atoms with Gasteiger partial charge in [-0.1, -0.05) is 22.9 Å². The lowest BCUT2D eigenvalue weighted by Gasteiger charge is -2.04. The fraction of sp³-hybridized carbons (Fsp3) is 0. The first-order valence-corrected chi connectivity index (χ1v) is 6.84. The summed E-state index contributed by atoms with van der Waals surface area (Å²) in [7, 11) is 0. The molecule has 0 bridgehead atoms. The third kappa shape index (κ3) is 2.94. The molecule has 1 heterocycles. The summed E-state index contributed by atoms with van der Waals surface area (Å²) in [5, 5.41) is 10.7. The predicted molar refractivity (Wildman–Crippen MR) is 73.3 cm³/mol. The summed E-state index contributed by atoms with van der Waals surface area (Å²) in [6, 6.07) is 1.82. The van der Waals surface area contributed by atoms with Crippen molar-refractivity contribution in [1.82, 2.24) is 4.98 Å². The Hall–Kier alpha value is -1.58. The number of ether oxygens (including phenoxy) is 1. The van der Waals surface area contributed by atoms with E-state index in [1.165, 1.54) is 0 Å². The standard InChI is InChI=1S/C10H3BrClFN2O4S/c11-4-1-6(15(17)18)7(2-5(4)13)19-10-14-9(12)8(3-16)20-10/h1-3H. The maximum absolute atomic E-state index is 13.4. The van der Waals surface area contributed by atoms with Crippen LogP contribution in [-0.2, 0) is 0 Å². The van der Waals surface area contributed by atoms with Gasteiger partial charge in [-0.25, -0.2) is 4.39 Å². The van der Waals surface area contributed by atoms with Crippen molar-refractivity contribution in [3.63, 3.8) is 0 Å². The summed E-state index contributed by atoms with van der Waals surface area (Å²) in [6.07, 6.45) is 0.476. The number of hydrogen-bond donors (Lipinski definition) is 0. The van der Waals surface area contributed by atoms with Gasteiger partial charge in [0.2, 0.25) is 5.75 Å². The maximum Gasteiger partial charge on any atom is 0.313 e. The summed E-state index contributed by atoms with van der Waals surface area (Å²) in [6.45, 7) is 0. The molecule has 0 amide bonds. The molecule has 0 atom stereocenters. The van der Waals surface area contributed by atoms with E-state index in [1.807, 2.05) is 0 Å². The molecule has 10 heteroatoms. The zero-order chi connectivity index (χ0) is 14.9. The molecule has 0 saturated carbocycles. The van der Waals surface area contributed by atoms with Crippen molar-refractivity contribution in [3.05, 3.63) is 42.6 Å². The van der Waals surface area contributed by atoms with Crippen molar-refractivity contribution >= 4 is 50.8 Å². The number of aromatic nitrogens is 1. The van der Waals surface area contributed by atoms with Gasteiger partial charge in [0, 0.05) is 12.1 Å². The van der Waals surface area contributed by atoms with Gasteiger partial charge in [-0.05, 0) is 15.9 Å². The molecule has 0 saturated heterocycles. The minimum absolute atomic E-state index is 0.0673. The molecule has 104 valence electrons. The Morgan fingerprint density at radius 1 is 1.55 bits per heavy atom. The molecule has 20 heavy (non-hydrogen) atoms. The van der Waals surface area contributed by atoms with E-state index in [-0.39, 0.29) is 25.4 Å². The van der Waals surface area contributed by atoms with Gasteiger partial charge in [0.25, 0.3) is 5.19 Å². The predicted octanol–water partition coefficient (Wildman–Crippen LogP) is 4.21. The van der Waals surface area contributed by atoms with Gasteiger partial charge in [-0.15, -0.1) is 0 Å². The second-order valence-electron chi connectivity index (χ2n) is 3.35. The molecule has 0 aliphatic heterocycles. The number of carbonyl (C=O) groups excluding carboxylic acids is 1. The van der Waals surface area contributed by atoms with Gasteiger partial charge < -0.3 is 4.74 Å². The highest BCUT2D eigenvalue weighted by Gasteiger charge is 2.21. The molecule has 0 fully saturated rings. The monoisotopic (exact) mass is 380 g/mol. The number of thiazole rings is 1. The highest BCUT2D eigenvalue weighted by atomic mass is 79.9. The topological polar surface area (TPSA) is 82.3 Å². The SMILES string of the molecule is O=Cc1sc(Oc2cc(F)c(Br)cc2[N+](=O)[O-])nc1Cl. The Morgan fingerprint density at radius 2 is 2.25 bits per heavy atom. The van der Waals surface area contributed by atoms with E-state index in [1.54, 1.807) is 0 Å². The fourth-order valence-electron chi connectivity index (χ4n) is 1.25. The summed E-state index contributed by atoms with van der Waals surface area (Å²) < 4.78 is 18.5. The molecule has 0 unspecified atom stereocenters. The number of hydrogen-bond acceptors (Lipinski definition) is 6. The smallest absolute Gasteiger partial charge is 0.313 e. The van der Waals surface area contributed by atoms with E-state index in [9.17, 15) is 19.3 Å². The van der Waals surface area contributed by atoms with Crippen LogP contribution in [0, 0.1) is 15.9 Å². The van der Waals surface area contributed by atoms with Crippen LogP contribution in [0.3, 0.4) is 0 Å². The Kier molecular flexibility index (Phi) is 4.31. The number of nitrogens with zero attached hydrogens (tertiary/aromatic N) is 2. The number of nitro benzene ring substituents is 1. The average molecular weight is 382 g/mol. The van der Waals surface area contributed by atoms with Crippen molar-refractivity contribution in [2.75, 3.05) is 0 Å². The summed E-state index contributed by atoms with van der Waals surface area (Å²) in [5.74, 6) is -1.07. The molecular weight excluding hydrogens is 379 g/mol. The van der Waals surface area contributed by atoms with Gasteiger partial charge >= 0.3 is 5.69 Å². The second kappa shape index (κ2) is 5.81. The molecular formula is C10H3BrClFN2O4S. The Labute approximate surface area is 128 Å². The van der Waals surface area contributed by atoms with Crippen LogP contribution in [-0.4, -0.2) is 16.2 Å². The van der Waals surface area contributed by atoms with E-state index in [0.29, 0.717) is 6.29 Å². The average Bonchev–Trinajstić information content (AvgIpc) is 2.73. The Balaban J connectivity index is 2.44. The minimum atomic E-state index is -0.733. The van der Waals surface area contributed by atoms with E-state index < -0.39 is 16.4 Å². The molecule has 0 radical (unpaired) electrons. The first-order chi connectivity index (χ1) is 9.42. The number of halogens is 3. The molecule has 2 aromatic rings. The minimum Gasteiger partial charge on any atom is -0.423 e. The van der Waals surface area contributed by atoms with Crippen LogP contribution in [0.1, 0.15) is 9.67 Å². The Bertz CT molecular complexity index is 709. The molecule has 2 rings (SSSR count). The van der Waals surface area contributed by atoms with Gasteiger partial charge in [-0.3, -0.25) is 14.9 Å². The summed E-state index contributed by atoms with van der Waals surface area (Å²) in [5.41, 5.74) is -0.447. The van der Waals surface area contributed by atoms with Crippen LogP contribution >= 0.6 is 38.9 Å². The highest BCUT2D eigenvalue weighted by molar-refractivity contribution is 9.10. The molecule has 1 aromatic carbocycles. The van der Waals surface area contributed by atoms with Gasteiger partial charge in [0.1, 0.15) is 10.7 Å². The van der Waals surface area contributed by atoms with Crippen LogP contribution in [0.2, 0.25) is 5.15 Å². The number of benzene rings is 1. The van der Waals surface area contributed by atoms with Gasteiger partial charge in [0.05, 0.1) is 9.40 Å². The van der Waals surface area contributed by atoms with Crippen LogP contribution in [0.5, 0.6) is 10.9 Å². The number of aldehydes is 1.